The number of aliphatic hydroxyl groups is 3. The molecule has 21 nitrogen and oxygen atoms in total. The van der Waals surface area contributed by atoms with Crippen molar-refractivity contribution < 1.29 is 85.8 Å². The van der Waals surface area contributed by atoms with Crippen LogP contribution in [0.5, 0.6) is 11.5 Å². The normalized spacial score (nSPS) is 21.6. The number of carboxylic acid groups (broad SMARTS) is 1. The molecule has 3 rings (SSSR count). The SMILES string of the molecule is CC(C)(C)C(=O)OCc1ccc(OCCOCCNC(=O)[C@@H](CCS(=O)(=O)O)NC(=O)CCCCCN2C(=O)CCC2=O)cc1O[C@@H]1O[C@H](C(=O)O)[C@@H](O)[C@H](O)[C@H]1O. The minimum absolute atomic E-state index is 0.00355. The van der Waals surface area contributed by atoms with Gasteiger partial charge in [0.2, 0.25) is 29.9 Å². The lowest BCUT2D eigenvalue weighted by molar-refractivity contribution is -0.271. The van der Waals surface area contributed by atoms with Gasteiger partial charge in [0.15, 0.2) is 6.10 Å². The molecule has 1 aromatic rings. The van der Waals surface area contributed by atoms with Gasteiger partial charge in [0.1, 0.15) is 49.1 Å². The van der Waals surface area contributed by atoms with E-state index < -0.39 is 88.2 Å². The van der Waals surface area contributed by atoms with Crippen molar-refractivity contribution in [3.05, 3.63) is 23.8 Å². The number of hydrogen-bond donors (Lipinski definition) is 7. The number of ether oxygens (including phenoxy) is 5. The molecule has 0 spiro atoms. The molecule has 1 aromatic carbocycles. The highest BCUT2D eigenvalue weighted by Crippen LogP contribution is 2.31. The van der Waals surface area contributed by atoms with E-state index >= 15 is 0 Å². The molecule has 2 fully saturated rings. The van der Waals surface area contributed by atoms with Gasteiger partial charge in [-0.05, 0) is 52.2 Å². The van der Waals surface area contributed by atoms with Crippen LogP contribution >= 0.6 is 0 Å². The Morgan fingerprint density at radius 3 is 2.29 bits per heavy atom. The van der Waals surface area contributed by atoms with Crippen molar-refractivity contribution in [2.75, 3.05) is 38.7 Å². The molecule has 0 saturated carbocycles. The fraction of sp³-hybridized carbons (Fsp3) is 0.667. The number of carboxylic acids is 1. The summed E-state index contributed by atoms with van der Waals surface area (Å²) in [6, 6.07) is 3.04. The van der Waals surface area contributed by atoms with Gasteiger partial charge in [0, 0.05) is 44.0 Å². The van der Waals surface area contributed by atoms with Crippen LogP contribution in [0.2, 0.25) is 0 Å². The first-order chi connectivity index (χ1) is 27.2. The van der Waals surface area contributed by atoms with Crippen LogP contribution in [-0.2, 0) is 59.7 Å². The smallest absolute Gasteiger partial charge is 0.335 e. The summed E-state index contributed by atoms with van der Waals surface area (Å²) in [6.07, 6.45) is -8.05. The van der Waals surface area contributed by atoms with Gasteiger partial charge in [-0.25, -0.2) is 4.79 Å². The Morgan fingerprint density at radius 1 is 0.966 bits per heavy atom. The number of hydrogen-bond acceptors (Lipinski definition) is 16. The van der Waals surface area contributed by atoms with Crippen LogP contribution in [0.3, 0.4) is 0 Å². The molecule has 4 amide bonds. The number of aliphatic hydroxyl groups excluding tert-OH is 3. The number of nitrogens with one attached hydrogen (secondary N) is 2. The van der Waals surface area contributed by atoms with Gasteiger partial charge in [-0.1, -0.05) is 6.42 Å². The van der Waals surface area contributed by atoms with Crippen molar-refractivity contribution in [2.24, 2.45) is 5.41 Å². The van der Waals surface area contributed by atoms with E-state index in [-0.39, 0.29) is 87.7 Å². The molecule has 58 heavy (non-hydrogen) atoms. The Kier molecular flexibility index (Phi) is 18.2. The lowest BCUT2D eigenvalue weighted by atomic mass is 9.97. The molecule has 6 atom stereocenters. The minimum Gasteiger partial charge on any atom is -0.491 e. The maximum atomic E-state index is 12.8. The average Bonchev–Trinajstić information content (AvgIpc) is 3.46. The second-order valence-electron chi connectivity index (χ2n) is 14.6. The van der Waals surface area contributed by atoms with Crippen molar-refractivity contribution in [3.8, 4) is 11.5 Å². The summed E-state index contributed by atoms with van der Waals surface area (Å²) in [4.78, 5) is 74.0. The van der Waals surface area contributed by atoms with E-state index in [1.165, 1.54) is 23.1 Å². The van der Waals surface area contributed by atoms with Crippen molar-refractivity contribution in [1.29, 1.82) is 0 Å². The predicted octanol–water partition coefficient (Wildman–Crippen LogP) is -0.969. The van der Waals surface area contributed by atoms with E-state index in [2.05, 4.69) is 10.6 Å². The second kappa shape index (κ2) is 22.1. The number of benzene rings is 1. The van der Waals surface area contributed by atoms with E-state index in [1.807, 2.05) is 0 Å². The standard InChI is InChI=1S/C36H53N3O18S/c1-36(2,3)35(49)55-20-21-8-9-22(19-24(21)56-34-30(45)28(43)29(44)31(57-34)33(47)48)54-17-16-53-15-13-37-32(46)23(12-18-58(50,51)52)38-25(40)7-5-4-6-14-39-26(41)10-11-27(39)42/h8-9,19,23,28-31,34,43-45H,4-7,10-18,20H2,1-3H3,(H,37,46)(H,38,40)(H,47,48)(H,50,51,52)/t23-,28+,29+,30-,31+,34-/m1/s1. The lowest BCUT2D eigenvalue weighted by Crippen LogP contribution is -2.61. The third-order valence-electron chi connectivity index (χ3n) is 8.86. The summed E-state index contributed by atoms with van der Waals surface area (Å²) < 4.78 is 59.4. The van der Waals surface area contributed by atoms with Crippen molar-refractivity contribution in [2.45, 2.75) is 109 Å². The molecule has 0 aromatic heterocycles. The van der Waals surface area contributed by atoms with Gasteiger partial charge in [0.25, 0.3) is 10.1 Å². The van der Waals surface area contributed by atoms with Crippen LogP contribution in [0.4, 0.5) is 0 Å². The van der Waals surface area contributed by atoms with Crippen molar-refractivity contribution in [3.63, 3.8) is 0 Å². The van der Waals surface area contributed by atoms with Gasteiger partial charge in [-0.2, -0.15) is 8.42 Å². The molecule has 2 aliphatic heterocycles. The molecule has 326 valence electrons. The molecule has 0 aliphatic carbocycles. The Labute approximate surface area is 335 Å². The summed E-state index contributed by atoms with van der Waals surface area (Å²) in [5.41, 5.74) is -0.577. The highest BCUT2D eigenvalue weighted by molar-refractivity contribution is 7.85. The van der Waals surface area contributed by atoms with E-state index in [9.17, 15) is 62.2 Å². The quantitative estimate of drug-likeness (QED) is 0.0302. The fourth-order valence-corrected chi connectivity index (χ4v) is 6.12. The molecule has 7 N–H and O–H groups in total. The second-order valence-corrected chi connectivity index (χ2v) is 16.2. The molecular weight excluding hydrogens is 794 g/mol. The van der Waals surface area contributed by atoms with Gasteiger partial charge in [-0.15, -0.1) is 0 Å². The van der Waals surface area contributed by atoms with Crippen molar-refractivity contribution >= 4 is 45.7 Å². The van der Waals surface area contributed by atoms with Gasteiger partial charge in [-0.3, -0.25) is 33.4 Å². The number of esters is 1. The number of imide groups is 1. The number of nitrogens with zero attached hydrogens (tertiary/aromatic N) is 1. The number of carbonyl (C=O) groups is 6. The van der Waals surface area contributed by atoms with Crippen LogP contribution in [0.1, 0.15) is 71.3 Å². The zero-order valence-corrected chi connectivity index (χ0v) is 33.3. The monoisotopic (exact) mass is 847 g/mol. The zero-order valence-electron chi connectivity index (χ0n) is 32.5. The molecule has 0 unspecified atom stereocenters. The maximum absolute atomic E-state index is 12.8. The minimum atomic E-state index is -4.44. The Balaban J connectivity index is 1.49. The molecular formula is C36H53N3O18S. The molecule has 2 heterocycles. The maximum Gasteiger partial charge on any atom is 0.335 e. The number of amides is 4. The third-order valence-corrected chi connectivity index (χ3v) is 9.62. The van der Waals surface area contributed by atoms with Gasteiger partial charge < -0.3 is 54.7 Å². The van der Waals surface area contributed by atoms with Crippen LogP contribution < -0.4 is 20.1 Å². The molecule has 0 bridgehead atoms. The first kappa shape index (κ1) is 47.9. The summed E-state index contributed by atoms with van der Waals surface area (Å²) in [6.45, 7) is 4.77. The fourth-order valence-electron chi connectivity index (χ4n) is 5.58. The van der Waals surface area contributed by atoms with Crippen LogP contribution in [0.15, 0.2) is 18.2 Å². The van der Waals surface area contributed by atoms with Gasteiger partial charge >= 0.3 is 11.9 Å². The highest BCUT2D eigenvalue weighted by atomic mass is 32.2. The molecule has 22 heteroatoms. The molecule has 2 saturated heterocycles. The van der Waals surface area contributed by atoms with E-state index in [0.717, 1.165) is 0 Å². The summed E-state index contributed by atoms with van der Waals surface area (Å²) >= 11 is 0. The first-order valence-electron chi connectivity index (χ1n) is 18.6. The Hall–Kier alpha value is -4.45. The van der Waals surface area contributed by atoms with Crippen LogP contribution in [-0.4, -0.2) is 149 Å². The molecule has 0 radical (unpaired) electrons. The highest BCUT2D eigenvalue weighted by Gasteiger charge is 2.48. The first-order valence-corrected chi connectivity index (χ1v) is 20.2. The number of likely N-dealkylation sites (tertiary alicyclic amines) is 1. The summed E-state index contributed by atoms with van der Waals surface area (Å²) in [5.74, 6) is -4.52. The summed E-state index contributed by atoms with van der Waals surface area (Å²) in [5, 5.41) is 45.1. The topological polar surface area (TPSA) is 311 Å². The Morgan fingerprint density at radius 2 is 1.66 bits per heavy atom. The molecule has 2 aliphatic rings. The zero-order chi connectivity index (χ0) is 43.2. The van der Waals surface area contributed by atoms with E-state index in [1.54, 1.807) is 20.8 Å². The Bertz CT molecular complexity index is 1700. The predicted molar refractivity (Wildman–Crippen MR) is 197 cm³/mol. The number of unbranched alkanes of at least 4 members (excludes halogenated alkanes) is 2. The van der Waals surface area contributed by atoms with E-state index in [0.29, 0.717) is 19.3 Å². The largest absolute Gasteiger partial charge is 0.491 e. The van der Waals surface area contributed by atoms with E-state index in [4.69, 9.17) is 23.7 Å². The number of aliphatic carboxylic acids is 1. The number of rotatable bonds is 23. The lowest BCUT2D eigenvalue weighted by Gasteiger charge is -2.38. The number of carbonyl (C=O) groups excluding carboxylic acids is 5. The summed E-state index contributed by atoms with van der Waals surface area (Å²) in [7, 11) is -4.44. The van der Waals surface area contributed by atoms with Crippen LogP contribution in [0, 0.1) is 5.41 Å². The van der Waals surface area contributed by atoms with Gasteiger partial charge in [0.05, 0.1) is 24.4 Å². The van der Waals surface area contributed by atoms with Crippen LogP contribution in [0.25, 0.3) is 0 Å². The van der Waals surface area contributed by atoms with Crippen molar-refractivity contribution in [1.82, 2.24) is 15.5 Å². The third kappa shape index (κ3) is 15.4. The average molecular weight is 848 g/mol.